The number of fused-ring (bicyclic) bond motifs is 1. The Hall–Kier alpha value is -3.12. The number of ether oxygens (including phenoxy) is 1. The lowest BCUT2D eigenvalue weighted by Crippen LogP contribution is -2.53. The minimum absolute atomic E-state index is 0.198. The summed E-state index contributed by atoms with van der Waals surface area (Å²) in [6, 6.07) is 8.09. The predicted molar refractivity (Wildman–Crippen MR) is 111 cm³/mol. The van der Waals surface area contributed by atoms with Crippen molar-refractivity contribution in [1.82, 2.24) is 24.8 Å². The Kier molecular flexibility index (Phi) is 6.09. The van der Waals surface area contributed by atoms with E-state index < -0.39 is 43.0 Å². The summed E-state index contributed by atoms with van der Waals surface area (Å²) in [5, 5.41) is 23.3. The summed E-state index contributed by atoms with van der Waals surface area (Å²) < 4.78 is 7.31. The topological polar surface area (TPSA) is 174 Å². The maximum absolute atomic E-state index is 12.6. The number of aliphatic hydroxyl groups excluding tert-OH is 2. The Bertz CT molecular complexity index is 1040. The zero-order valence-corrected chi connectivity index (χ0v) is 16.7. The molecule has 11 nitrogen and oxygen atoms in total. The largest absolute Gasteiger partial charge is 0.394 e. The number of carbonyl (C=O) groups is 1. The molecular formula is C20H25N7O4. The lowest BCUT2D eigenvalue weighted by Gasteiger charge is -2.22. The van der Waals surface area contributed by atoms with E-state index in [1.54, 1.807) is 0 Å². The maximum Gasteiger partial charge on any atom is 0.237 e. The van der Waals surface area contributed by atoms with Crippen LogP contribution in [0.5, 0.6) is 0 Å². The fourth-order valence-electron chi connectivity index (χ4n) is 3.73. The number of nitrogens with one attached hydrogen (secondary N) is 1. The van der Waals surface area contributed by atoms with E-state index in [1.807, 2.05) is 30.3 Å². The molecule has 3 heterocycles. The van der Waals surface area contributed by atoms with Crippen LogP contribution in [0.4, 0.5) is 5.82 Å². The molecule has 0 radical (unpaired) electrons. The molecule has 0 aliphatic carbocycles. The second kappa shape index (κ2) is 8.94. The molecule has 164 valence electrons. The molecular weight excluding hydrogens is 402 g/mol. The number of benzene rings is 1. The first-order chi connectivity index (χ1) is 15.0. The summed E-state index contributed by atoms with van der Waals surface area (Å²) in [5.41, 5.74) is 13.7. The first kappa shape index (κ1) is 21.1. The number of amides is 1. The number of hydrogen-bond donors (Lipinski definition) is 5. The summed E-state index contributed by atoms with van der Waals surface area (Å²) in [4.78, 5) is 24.8. The number of carbonyl (C=O) groups excluding carboxylic acids is 1. The predicted octanol–water partition coefficient (Wildman–Crippen LogP) is -0.896. The number of aromatic nitrogens is 4. The summed E-state index contributed by atoms with van der Waals surface area (Å²) in [6.45, 7) is -0.401. The van der Waals surface area contributed by atoms with Crippen LogP contribution in [-0.2, 0) is 16.0 Å². The third-order valence-corrected chi connectivity index (χ3v) is 5.45. The van der Waals surface area contributed by atoms with Gasteiger partial charge < -0.3 is 31.7 Å². The highest BCUT2D eigenvalue weighted by Crippen LogP contribution is 2.32. The number of imidazole rings is 1. The minimum atomic E-state index is -1.17. The van der Waals surface area contributed by atoms with Gasteiger partial charge in [0, 0.05) is 0 Å². The summed E-state index contributed by atoms with van der Waals surface area (Å²) in [5.74, 6) is -0.228. The average molecular weight is 427 g/mol. The average Bonchev–Trinajstić information content (AvgIpc) is 3.35. The van der Waals surface area contributed by atoms with Crippen molar-refractivity contribution < 1.29 is 19.7 Å². The SMILES string of the molecule is Nc1ncnc2c1ncn2[C@@H]1O[C@H](CO)C(NC(=O)C(N)CCc2ccccc2)[C@@H]1O. The number of nitrogens with two attached hydrogens (primary N) is 2. The second-order valence-electron chi connectivity index (χ2n) is 7.49. The normalized spacial score (nSPS) is 24.4. The van der Waals surface area contributed by atoms with Gasteiger partial charge in [0.25, 0.3) is 0 Å². The molecule has 5 atom stereocenters. The standard InChI is InChI=1S/C20H25N7O4/c21-12(7-6-11-4-2-1-3-5-11)19(30)26-14-13(8-28)31-20(16(14)29)27-10-25-15-17(22)23-9-24-18(15)27/h1-5,9-10,12-14,16,20,28-29H,6-8,21H2,(H,26,30)(H2,22,23,24)/t12?,13-,14?,16+,20-/m1/s1. The quantitative estimate of drug-likeness (QED) is 0.320. The molecule has 11 heteroatoms. The molecule has 0 bridgehead atoms. The van der Waals surface area contributed by atoms with Crippen molar-refractivity contribution in [2.75, 3.05) is 12.3 Å². The van der Waals surface area contributed by atoms with Gasteiger partial charge in [-0.05, 0) is 18.4 Å². The number of hydrogen-bond acceptors (Lipinski definition) is 9. The number of nitrogens with zero attached hydrogens (tertiary/aromatic N) is 4. The maximum atomic E-state index is 12.6. The number of rotatable bonds is 7. The van der Waals surface area contributed by atoms with E-state index in [-0.39, 0.29) is 5.82 Å². The third kappa shape index (κ3) is 4.21. The zero-order chi connectivity index (χ0) is 22.0. The Morgan fingerprint density at radius 1 is 1.26 bits per heavy atom. The number of aryl methyl sites for hydroxylation is 1. The first-order valence-corrected chi connectivity index (χ1v) is 9.97. The molecule has 1 saturated heterocycles. The summed E-state index contributed by atoms with van der Waals surface area (Å²) >= 11 is 0. The molecule has 7 N–H and O–H groups in total. The van der Waals surface area contributed by atoms with Crippen LogP contribution < -0.4 is 16.8 Å². The van der Waals surface area contributed by atoms with E-state index in [9.17, 15) is 15.0 Å². The number of anilines is 1. The molecule has 2 aromatic heterocycles. The third-order valence-electron chi connectivity index (χ3n) is 5.45. The van der Waals surface area contributed by atoms with Gasteiger partial charge in [-0.3, -0.25) is 9.36 Å². The molecule has 0 saturated carbocycles. The highest BCUT2D eigenvalue weighted by Gasteiger charge is 2.46. The van der Waals surface area contributed by atoms with E-state index >= 15 is 0 Å². The van der Waals surface area contributed by atoms with Crippen molar-refractivity contribution in [3.05, 3.63) is 48.5 Å². The Balaban J connectivity index is 1.45. The second-order valence-corrected chi connectivity index (χ2v) is 7.49. The lowest BCUT2D eigenvalue weighted by molar-refractivity contribution is -0.124. The molecule has 4 rings (SSSR count). The van der Waals surface area contributed by atoms with Crippen molar-refractivity contribution in [2.24, 2.45) is 5.73 Å². The minimum Gasteiger partial charge on any atom is -0.394 e. The van der Waals surface area contributed by atoms with Crippen LogP contribution in [-0.4, -0.2) is 66.5 Å². The summed E-state index contributed by atoms with van der Waals surface area (Å²) in [7, 11) is 0. The van der Waals surface area contributed by atoms with E-state index in [1.165, 1.54) is 17.2 Å². The Labute approximate surface area is 178 Å². The number of aliphatic hydroxyl groups is 2. The van der Waals surface area contributed by atoms with Crippen LogP contribution in [0, 0.1) is 0 Å². The zero-order valence-electron chi connectivity index (χ0n) is 16.7. The van der Waals surface area contributed by atoms with Crippen molar-refractivity contribution in [1.29, 1.82) is 0 Å². The van der Waals surface area contributed by atoms with Crippen LogP contribution in [0.3, 0.4) is 0 Å². The van der Waals surface area contributed by atoms with Crippen molar-refractivity contribution >= 4 is 22.9 Å². The number of nitrogen functional groups attached to an aromatic ring is 1. The van der Waals surface area contributed by atoms with Crippen LogP contribution in [0.15, 0.2) is 43.0 Å². The monoisotopic (exact) mass is 427 g/mol. The molecule has 1 aromatic carbocycles. The van der Waals surface area contributed by atoms with Gasteiger partial charge >= 0.3 is 0 Å². The molecule has 0 spiro atoms. The van der Waals surface area contributed by atoms with Gasteiger partial charge in [-0.25, -0.2) is 15.0 Å². The van der Waals surface area contributed by atoms with Gasteiger partial charge in [0.15, 0.2) is 17.7 Å². The Morgan fingerprint density at radius 3 is 2.77 bits per heavy atom. The van der Waals surface area contributed by atoms with E-state index in [0.29, 0.717) is 24.0 Å². The molecule has 1 aliphatic rings. The van der Waals surface area contributed by atoms with Crippen LogP contribution >= 0.6 is 0 Å². The first-order valence-electron chi connectivity index (χ1n) is 9.97. The lowest BCUT2D eigenvalue weighted by atomic mass is 10.0. The van der Waals surface area contributed by atoms with Crippen molar-refractivity contribution in [3.63, 3.8) is 0 Å². The van der Waals surface area contributed by atoms with Crippen LogP contribution in [0.2, 0.25) is 0 Å². The Morgan fingerprint density at radius 2 is 2.03 bits per heavy atom. The molecule has 1 amide bonds. The molecule has 1 fully saturated rings. The van der Waals surface area contributed by atoms with E-state index in [4.69, 9.17) is 16.2 Å². The fraction of sp³-hybridized carbons (Fsp3) is 0.400. The van der Waals surface area contributed by atoms with Crippen molar-refractivity contribution in [2.45, 2.75) is 43.4 Å². The van der Waals surface area contributed by atoms with E-state index in [2.05, 4.69) is 20.3 Å². The van der Waals surface area contributed by atoms with Gasteiger partial charge in [0.1, 0.15) is 24.1 Å². The van der Waals surface area contributed by atoms with Gasteiger partial charge in [0.05, 0.1) is 25.0 Å². The van der Waals surface area contributed by atoms with Gasteiger partial charge in [0.2, 0.25) is 5.91 Å². The van der Waals surface area contributed by atoms with Gasteiger partial charge in [-0.15, -0.1) is 0 Å². The summed E-state index contributed by atoms with van der Waals surface area (Å²) in [6.07, 6.45) is 0.863. The van der Waals surface area contributed by atoms with Crippen molar-refractivity contribution in [3.8, 4) is 0 Å². The molecule has 2 unspecified atom stereocenters. The molecule has 31 heavy (non-hydrogen) atoms. The van der Waals surface area contributed by atoms with E-state index in [0.717, 1.165) is 5.56 Å². The fourth-order valence-corrected chi connectivity index (χ4v) is 3.73. The highest BCUT2D eigenvalue weighted by atomic mass is 16.5. The highest BCUT2D eigenvalue weighted by molar-refractivity contribution is 5.82. The molecule has 3 aromatic rings. The van der Waals surface area contributed by atoms with Gasteiger partial charge in [-0.2, -0.15) is 0 Å². The smallest absolute Gasteiger partial charge is 0.237 e. The molecule has 1 aliphatic heterocycles. The van der Waals surface area contributed by atoms with Crippen LogP contribution in [0.25, 0.3) is 11.2 Å². The van der Waals surface area contributed by atoms with Crippen LogP contribution in [0.1, 0.15) is 18.2 Å². The van der Waals surface area contributed by atoms with Gasteiger partial charge in [-0.1, -0.05) is 30.3 Å².